The molecule has 0 radical (unpaired) electrons. The molecule has 0 aliphatic carbocycles. The fraction of sp³-hybridized carbons (Fsp3) is 0.188. The number of halogens is 1. The maximum atomic E-state index is 8.52. The van der Waals surface area contributed by atoms with Crippen LogP contribution in [0.4, 0.5) is 5.69 Å². The molecule has 0 aromatic heterocycles. The van der Waals surface area contributed by atoms with Gasteiger partial charge in [0, 0.05) is 22.8 Å². The molecule has 0 atom stereocenters. The van der Waals surface area contributed by atoms with Crippen LogP contribution in [0.15, 0.2) is 46.9 Å². The number of benzene rings is 2. The Morgan fingerprint density at radius 2 is 2.05 bits per heavy atom. The number of ether oxygens (including phenoxy) is 2. The Kier molecular flexibility index (Phi) is 5.47. The van der Waals surface area contributed by atoms with Gasteiger partial charge in [-0.05, 0) is 29.8 Å². The quantitative estimate of drug-likeness (QED) is 0.859. The van der Waals surface area contributed by atoms with E-state index >= 15 is 0 Å². The van der Waals surface area contributed by atoms with Crippen LogP contribution < -0.4 is 14.8 Å². The number of nitrogens with zero attached hydrogens (tertiary/aromatic N) is 1. The second kappa shape index (κ2) is 7.55. The summed E-state index contributed by atoms with van der Waals surface area (Å²) in [6.07, 6.45) is 0. The summed E-state index contributed by atoms with van der Waals surface area (Å²) in [4.78, 5) is 0. The van der Waals surface area contributed by atoms with Gasteiger partial charge in [-0.2, -0.15) is 5.26 Å². The molecule has 21 heavy (non-hydrogen) atoms. The van der Waals surface area contributed by atoms with Crippen molar-refractivity contribution in [1.82, 2.24) is 0 Å². The van der Waals surface area contributed by atoms with E-state index in [-0.39, 0.29) is 6.61 Å². The lowest BCUT2D eigenvalue weighted by atomic mass is 10.2. The van der Waals surface area contributed by atoms with Crippen LogP contribution in [0.3, 0.4) is 0 Å². The summed E-state index contributed by atoms with van der Waals surface area (Å²) in [6, 6.07) is 15.4. The zero-order valence-electron chi connectivity index (χ0n) is 11.6. The summed E-state index contributed by atoms with van der Waals surface area (Å²) in [5, 5.41) is 11.8. The summed E-state index contributed by atoms with van der Waals surface area (Å²) in [7, 11) is 1.64. The number of rotatable bonds is 6. The highest BCUT2D eigenvalue weighted by atomic mass is 79.9. The van der Waals surface area contributed by atoms with E-state index in [0.717, 1.165) is 21.5 Å². The molecule has 0 saturated carbocycles. The number of methoxy groups -OCH3 is 1. The molecule has 5 heteroatoms. The van der Waals surface area contributed by atoms with Crippen molar-refractivity contribution < 1.29 is 9.47 Å². The van der Waals surface area contributed by atoms with Gasteiger partial charge >= 0.3 is 0 Å². The van der Waals surface area contributed by atoms with Crippen LogP contribution in [0.25, 0.3) is 0 Å². The minimum atomic E-state index is 0.0553. The number of hydrogen-bond acceptors (Lipinski definition) is 4. The summed E-state index contributed by atoms with van der Waals surface area (Å²) in [6.45, 7) is 0.711. The molecule has 2 rings (SSSR count). The minimum Gasteiger partial charge on any atom is -0.497 e. The van der Waals surface area contributed by atoms with Gasteiger partial charge in [-0.1, -0.05) is 28.1 Å². The van der Waals surface area contributed by atoms with Crippen molar-refractivity contribution in [3.63, 3.8) is 0 Å². The fourth-order valence-electron chi connectivity index (χ4n) is 1.85. The molecule has 0 aliphatic heterocycles. The van der Waals surface area contributed by atoms with Crippen LogP contribution in [-0.2, 0) is 6.54 Å². The summed E-state index contributed by atoms with van der Waals surface area (Å²) in [5.41, 5.74) is 2.04. The average Bonchev–Trinajstić information content (AvgIpc) is 2.51. The smallest absolute Gasteiger partial charge is 0.174 e. The normalized spacial score (nSPS) is 9.76. The zero-order chi connectivity index (χ0) is 15.1. The molecule has 2 aromatic carbocycles. The summed E-state index contributed by atoms with van der Waals surface area (Å²) < 4.78 is 11.5. The van der Waals surface area contributed by atoms with E-state index in [1.165, 1.54) is 0 Å². The number of nitriles is 1. The summed E-state index contributed by atoms with van der Waals surface area (Å²) in [5.74, 6) is 1.49. The Hall–Kier alpha value is -2.19. The molecule has 0 bridgehead atoms. The van der Waals surface area contributed by atoms with E-state index in [1.54, 1.807) is 7.11 Å². The minimum absolute atomic E-state index is 0.0553. The van der Waals surface area contributed by atoms with Crippen LogP contribution in [0, 0.1) is 11.3 Å². The molecule has 108 valence electrons. The second-order valence-electron chi connectivity index (χ2n) is 4.33. The molecule has 0 saturated heterocycles. The molecule has 0 spiro atoms. The number of nitrogens with one attached hydrogen (secondary N) is 1. The number of hydrogen-bond donors (Lipinski definition) is 1. The predicted octanol–water partition coefficient (Wildman–Crippen LogP) is 3.97. The van der Waals surface area contributed by atoms with Crippen molar-refractivity contribution in [2.75, 3.05) is 19.0 Å². The third-order valence-electron chi connectivity index (χ3n) is 2.81. The van der Waals surface area contributed by atoms with Gasteiger partial charge in [0.2, 0.25) is 0 Å². The molecule has 1 N–H and O–H groups in total. The molecule has 0 amide bonds. The fourth-order valence-corrected chi connectivity index (χ4v) is 2.32. The largest absolute Gasteiger partial charge is 0.497 e. The molecule has 0 heterocycles. The van der Waals surface area contributed by atoms with Crippen molar-refractivity contribution in [3.05, 3.63) is 52.5 Å². The topological polar surface area (TPSA) is 54.3 Å². The van der Waals surface area contributed by atoms with Crippen LogP contribution in [-0.4, -0.2) is 13.7 Å². The maximum Gasteiger partial charge on any atom is 0.174 e. The van der Waals surface area contributed by atoms with E-state index in [2.05, 4.69) is 21.2 Å². The lowest BCUT2D eigenvalue weighted by molar-refractivity contribution is 0.368. The summed E-state index contributed by atoms with van der Waals surface area (Å²) >= 11 is 3.45. The van der Waals surface area contributed by atoms with Crippen LogP contribution in [0.5, 0.6) is 11.5 Å². The van der Waals surface area contributed by atoms with E-state index in [1.807, 2.05) is 48.5 Å². The van der Waals surface area contributed by atoms with Gasteiger partial charge in [-0.25, -0.2) is 0 Å². The Balaban J connectivity index is 2.02. The van der Waals surface area contributed by atoms with Crippen molar-refractivity contribution in [2.45, 2.75) is 6.54 Å². The first-order valence-corrected chi connectivity index (χ1v) is 7.17. The Bertz CT molecular complexity index is 653. The SMILES string of the molecule is COc1cc(Br)cc(NCc2cccc(OCC#N)c2)c1. The molecule has 0 fully saturated rings. The predicted molar refractivity (Wildman–Crippen MR) is 85.6 cm³/mol. The molecular formula is C16H15BrN2O2. The van der Waals surface area contributed by atoms with Crippen LogP contribution in [0.2, 0.25) is 0 Å². The van der Waals surface area contributed by atoms with Crippen molar-refractivity contribution >= 4 is 21.6 Å². The Labute approximate surface area is 132 Å². The number of anilines is 1. The molecule has 0 aliphatic rings. The van der Waals surface area contributed by atoms with Crippen molar-refractivity contribution in [1.29, 1.82) is 5.26 Å². The molecule has 4 nitrogen and oxygen atoms in total. The van der Waals surface area contributed by atoms with Gasteiger partial charge in [0.15, 0.2) is 6.61 Å². The van der Waals surface area contributed by atoms with E-state index in [9.17, 15) is 0 Å². The van der Waals surface area contributed by atoms with E-state index in [0.29, 0.717) is 12.3 Å². The molecule has 0 unspecified atom stereocenters. The molecular weight excluding hydrogens is 332 g/mol. The standard InChI is InChI=1S/C16H15BrN2O2/c1-20-16-9-13(17)8-14(10-16)19-11-12-3-2-4-15(7-12)21-6-5-18/h2-4,7-10,19H,6,11H2,1H3. The van der Waals surface area contributed by atoms with E-state index in [4.69, 9.17) is 14.7 Å². The molecule has 2 aromatic rings. The van der Waals surface area contributed by atoms with Gasteiger partial charge in [0.05, 0.1) is 7.11 Å². The van der Waals surface area contributed by atoms with Gasteiger partial charge in [0.1, 0.15) is 17.6 Å². The first kappa shape index (κ1) is 15.2. The Morgan fingerprint density at radius 3 is 2.81 bits per heavy atom. The van der Waals surface area contributed by atoms with Gasteiger partial charge in [-0.3, -0.25) is 0 Å². The second-order valence-corrected chi connectivity index (χ2v) is 5.24. The van der Waals surface area contributed by atoms with E-state index < -0.39 is 0 Å². The van der Waals surface area contributed by atoms with Crippen molar-refractivity contribution in [3.8, 4) is 17.6 Å². The zero-order valence-corrected chi connectivity index (χ0v) is 13.2. The third kappa shape index (κ3) is 4.69. The lowest BCUT2D eigenvalue weighted by Gasteiger charge is -2.10. The lowest BCUT2D eigenvalue weighted by Crippen LogP contribution is -2.01. The first-order chi connectivity index (χ1) is 10.2. The van der Waals surface area contributed by atoms with Gasteiger partial charge < -0.3 is 14.8 Å². The third-order valence-corrected chi connectivity index (χ3v) is 3.26. The highest BCUT2D eigenvalue weighted by Gasteiger charge is 2.01. The van der Waals surface area contributed by atoms with Crippen LogP contribution >= 0.6 is 15.9 Å². The first-order valence-electron chi connectivity index (χ1n) is 6.38. The average molecular weight is 347 g/mol. The highest BCUT2D eigenvalue weighted by molar-refractivity contribution is 9.10. The Morgan fingerprint density at radius 1 is 1.19 bits per heavy atom. The van der Waals surface area contributed by atoms with Gasteiger partial charge in [0.25, 0.3) is 0 Å². The van der Waals surface area contributed by atoms with Crippen molar-refractivity contribution in [2.24, 2.45) is 0 Å². The van der Waals surface area contributed by atoms with Crippen LogP contribution in [0.1, 0.15) is 5.56 Å². The highest BCUT2D eigenvalue weighted by Crippen LogP contribution is 2.25. The van der Waals surface area contributed by atoms with Gasteiger partial charge in [-0.15, -0.1) is 0 Å². The monoisotopic (exact) mass is 346 g/mol. The maximum absolute atomic E-state index is 8.52.